The van der Waals surface area contributed by atoms with Crippen molar-refractivity contribution in [2.75, 3.05) is 6.54 Å². The fourth-order valence-electron chi connectivity index (χ4n) is 2.28. The van der Waals surface area contributed by atoms with Crippen LogP contribution in [0.15, 0.2) is 48.1 Å². The van der Waals surface area contributed by atoms with Gasteiger partial charge in [-0.05, 0) is 34.9 Å². The molecule has 22 heavy (non-hydrogen) atoms. The Morgan fingerprint density at radius 3 is 3.00 bits per heavy atom. The van der Waals surface area contributed by atoms with Crippen LogP contribution in [0.3, 0.4) is 0 Å². The zero-order chi connectivity index (χ0) is 15.2. The molecule has 0 fully saturated rings. The van der Waals surface area contributed by atoms with Crippen LogP contribution in [0, 0.1) is 0 Å². The molecule has 2 N–H and O–H groups in total. The summed E-state index contributed by atoms with van der Waals surface area (Å²) in [6, 6.07) is 10.0. The number of carbonyl (C=O) groups is 1. The van der Waals surface area contributed by atoms with Gasteiger partial charge in [0.05, 0.1) is 0 Å². The van der Waals surface area contributed by atoms with E-state index in [1.807, 2.05) is 29.1 Å². The molecule has 3 aromatic rings. The van der Waals surface area contributed by atoms with Gasteiger partial charge in [-0.2, -0.15) is 5.10 Å². The maximum absolute atomic E-state index is 11.8. The third-order valence-electron chi connectivity index (χ3n) is 3.41. The summed E-state index contributed by atoms with van der Waals surface area (Å²) in [7, 11) is 0. The van der Waals surface area contributed by atoms with E-state index < -0.39 is 0 Å². The van der Waals surface area contributed by atoms with E-state index in [4.69, 9.17) is 0 Å². The molecule has 0 spiro atoms. The third-order valence-corrected chi connectivity index (χ3v) is 4.42. The molecule has 0 saturated heterocycles. The number of rotatable bonds is 6. The van der Waals surface area contributed by atoms with Crippen LogP contribution in [-0.2, 0) is 13.1 Å². The molecule has 114 valence electrons. The molecule has 0 aliphatic carbocycles. The Balaban J connectivity index is 1.40. The predicted molar refractivity (Wildman–Crippen MR) is 88.9 cm³/mol. The molecule has 2 aromatic heterocycles. The summed E-state index contributed by atoms with van der Waals surface area (Å²) in [5.74, 6) is 0. The Bertz CT molecular complexity index is 736. The van der Waals surface area contributed by atoms with Gasteiger partial charge >= 0.3 is 6.03 Å². The second-order valence-electron chi connectivity index (χ2n) is 4.99. The fourth-order valence-corrected chi connectivity index (χ4v) is 3.25. The van der Waals surface area contributed by atoms with Crippen LogP contribution in [-0.4, -0.2) is 22.4 Å². The van der Waals surface area contributed by atoms with Crippen molar-refractivity contribution in [1.29, 1.82) is 0 Å². The number of nitrogens with zero attached hydrogens (tertiary/aromatic N) is 2. The number of amides is 2. The van der Waals surface area contributed by atoms with Crippen LogP contribution in [0.4, 0.5) is 4.79 Å². The number of fused-ring (bicyclic) bond motifs is 1. The number of aromatic nitrogens is 2. The maximum atomic E-state index is 11.8. The van der Waals surface area contributed by atoms with Gasteiger partial charge in [-0.1, -0.05) is 18.2 Å². The van der Waals surface area contributed by atoms with Crippen LogP contribution < -0.4 is 10.6 Å². The van der Waals surface area contributed by atoms with E-state index in [1.165, 1.54) is 10.1 Å². The highest BCUT2D eigenvalue weighted by molar-refractivity contribution is 7.17. The van der Waals surface area contributed by atoms with E-state index in [0.717, 1.165) is 18.5 Å². The van der Waals surface area contributed by atoms with Crippen molar-refractivity contribution < 1.29 is 4.79 Å². The molecule has 0 aliphatic rings. The maximum Gasteiger partial charge on any atom is 0.315 e. The van der Waals surface area contributed by atoms with Crippen molar-refractivity contribution >= 4 is 27.5 Å². The molecule has 0 unspecified atom stereocenters. The first-order valence-corrected chi connectivity index (χ1v) is 8.15. The standard InChI is InChI=1S/C16H18N4OS/c21-16(17-7-3-9-20-10-4-8-19-20)18-11-13-12-22-15-6-2-1-5-14(13)15/h1-2,4-6,8,10,12H,3,7,9,11H2,(H2,17,18,21). The molecule has 2 amide bonds. The average molecular weight is 314 g/mol. The molecule has 5 nitrogen and oxygen atoms in total. The van der Waals surface area contributed by atoms with E-state index in [-0.39, 0.29) is 6.03 Å². The van der Waals surface area contributed by atoms with Crippen molar-refractivity contribution in [1.82, 2.24) is 20.4 Å². The minimum Gasteiger partial charge on any atom is -0.338 e. The second kappa shape index (κ2) is 7.09. The van der Waals surface area contributed by atoms with Gasteiger partial charge in [0, 0.05) is 36.7 Å². The summed E-state index contributed by atoms with van der Waals surface area (Å²) in [6.45, 7) is 1.99. The van der Waals surface area contributed by atoms with E-state index in [9.17, 15) is 4.79 Å². The lowest BCUT2D eigenvalue weighted by atomic mass is 10.2. The molecular weight excluding hydrogens is 296 g/mol. The average Bonchev–Trinajstić information content (AvgIpc) is 3.19. The zero-order valence-electron chi connectivity index (χ0n) is 12.2. The largest absolute Gasteiger partial charge is 0.338 e. The second-order valence-corrected chi connectivity index (χ2v) is 5.90. The normalized spacial score (nSPS) is 10.7. The molecule has 1 aromatic carbocycles. The Kier molecular flexibility index (Phi) is 4.70. The topological polar surface area (TPSA) is 59.0 Å². The van der Waals surface area contributed by atoms with Gasteiger partial charge in [-0.3, -0.25) is 4.68 Å². The molecule has 6 heteroatoms. The Hall–Kier alpha value is -2.34. The number of urea groups is 1. The van der Waals surface area contributed by atoms with Gasteiger partial charge < -0.3 is 10.6 Å². The number of aryl methyl sites for hydroxylation is 1. The smallest absolute Gasteiger partial charge is 0.315 e. The summed E-state index contributed by atoms with van der Waals surface area (Å²) >= 11 is 1.70. The van der Waals surface area contributed by atoms with Gasteiger partial charge in [0.25, 0.3) is 0 Å². The highest BCUT2D eigenvalue weighted by Crippen LogP contribution is 2.25. The quantitative estimate of drug-likeness (QED) is 0.687. The lowest BCUT2D eigenvalue weighted by Gasteiger charge is -2.07. The minimum atomic E-state index is -0.129. The SMILES string of the molecule is O=C(NCCCn1cccn1)NCc1csc2ccccc12. The van der Waals surface area contributed by atoms with Gasteiger partial charge in [0.2, 0.25) is 0 Å². The first-order chi connectivity index (χ1) is 10.8. The lowest BCUT2D eigenvalue weighted by molar-refractivity contribution is 0.240. The third kappa shape index (κ3) is 3.65. The molecule has 0 saturated carbocycles. The molecule has 3 rings (SSSR count). The number of benzene rings is 1. The molecule has 0 radical (unpaired) electrons. The number of carbonyl (C=O) groups excluding carboxylic acids is 1. The van der Waals surface area contributed by atoms with Crippen molar-refractivity contribution in [2.45, 2.75) is 19.5 Å². The predicted octanol–water partition coefficient (Wildman–Crippen LogP) is 2.99. The summed E-state index contributed by atoms with van der Waals surface area (Å²) in [5.41, 5.74) is 1.16. The summed E-state index contributed by atoms with van der Waals surface area (Å²) in [5, 5.41) is 13.2. The number of hydrogen-bond donors (Lipinski definition) is 2. The number of hydrogen-bond acceptors (Lipinski definition) is 3. The van der Waals surface area contributed by atoms with E-state index in [1.54, 1.807) is 17.5 Å². The van der Waals surface area contributed by atoms with Gasteiger partial charge in [0.1, 0.15) is 0 Å². The van der Waals surface area contributed by atoms with E-state index in [0.29, 0.717) is 13.1 Å². The Morgan fingerprint density at radius 2 is 2.14 bits per heavy atom. The molecular formula is C16H18N4OS. The monoisotopic (exact) mass is 314 g/mol. The summed E-state index contributed by atoms with van der Waals surface area (Å²) in [4.78, 5) is 11.8. The highest BCUT2D eigenvalue weighted by Gasteiger charge is 2.05. The number of thiophene rings is 1. The molecule has 2 heterocycles. The van der Waals surface area contributed by atoms with E-state index >= 15 is 0 Å². The lowest BCUT2D eigenvalue weighted by Crippen LogP contribution is -2.35. The highest BCUT2D eigenvalue weighted by atomic mass is 32.1. The van der Waals surface area contributed by atoms with Crippen LogP contribution in [0.1, 0.15) is 12.0 Å². The van der Waals surface area contributed by atoms with Crippen molar-refractivity contribution in [2.24, 2.45) is 0 Å². The fraction of sp³-hybridized carbons (Fsp3) is 0.250. The Morgan fingerprint density at radius 1 is 1.23 bits per heavy atom. The van der Waals surface area contributed by atoms with Crippen molar-refractivity contribution in [3.05, 3.63) is 53.7 Å². The van der Waals surface area contributed by atoms with Gasteiger partial charge in [0.15, 0.2) is 0 Å². The first-order valence-electron chi connectivity index (χ1n) is 7.27. The molecule has 0 bridgehead atoms. The zero-order valence-corrected chi connectivity index (χ0v) is 13.0. The van der Waals surface area contributed by atoms with Crippen LogP contribution in [0.2, 0.25) is 0 Å². The molecule has 0 atom stereocenters. The number of nitrogens with one attached hydrogen (secondary N) is 2. The summed E-state index contributed by atoms with van der Waals surface area (Å²) < 4.78 is 3.11. The van der Waals surface area contributed by atoms with E-state index in [2.05, 4.69) is 33.2 Å². The van der Waals surface area contributed by atoms with Gasteiger partial charge in [-0.25, -0.2) is 4.79 Å². The summed E-state index contributed by atoms with van der Waals surface area (Å²) in [6.07, 6.45) is 4.53. The van der Waals surface area contributed by atoms with Crippen LogP contribution >= 0.6 is 11.3 Å². The minimum absolute atomic E-state index is 0.129. The van der Waals surface area contributed by atoms with Crippen molar-refractivity contribution in [3.63, 3.8) is 0 Å². The van der Waals surface area contributed by atoms with Crippen LogP contribution in [0.25, 0.3) is 10.1 Å². The van der Waals surface area contributed by atoms with Crippen LogP contribution in [0.5, 0.6) is 0 Å². The Labute approximate surface area is 133 Å². The van der Waals surface area contributed by atoms with Gasteiger partial charge in [-0.15, -0.1) is 11.3 Å². The molecule has 0 aliphatic heterocycles. The van der Waals surface area contributed by atoms with Crippen molar-refractivity contribution in [3.8, 4) is 0 Å². The first kappa shape index (κ1) is 14.6.